The number of Topliss-reactive ketones (excluding diaryl/α,β-unsaturated/α-hetero) is 2. The van der Waals surface area contributed by atoms with Gasteiger partial charge in [-0.15, -0.1) is 0 Å². The zero-order valence-electron chi connectivity index (χ0n) is 16.5. The Morgan fingerprint density at radius 1 is 0.935 bits per heavy atom. The van der Waals surface area contributed by atoms with Gasteiger partial charge in [-0.25, -0.2) is 0 Å². The third-order valence-corrected chi connectivity index (χ3v) is 5.38. The minimum atomic E-state index is -0.270. The van der Waals surface area contributed by atoms with Crippen LogP contribution in [0.5, 0.6) is 0 Å². The molecule has 6 nitrogen and oxygen atoms in total. The Labute approximate surface area is 177 Å². The quantitative estimate of drug-likeness (QED) is 0.398. The van der Waals surface area contributed by atoms with Crippen molar-refractivity contribution < 1.29 is 18.8 Å². The lowest BCUT2D eigenvalue weighted by Gasteiger charge is -2.06. The Morgan fingerprint density at radius 2 is 1.65 bits per heavy atom. The highest BCUT2D eigenvalue weighted by Gasteiger charge is 2.32. The molecule has 0 unspecified atom stereocenters. The predicted octanol–water partition coefficient (Wildman–Crippen LogP) is 4.01. The van der Waals surface area contributed by atoms with E-state index >= 15 is 0 Å². The molecule has 1 N–H and O–H groups in total. The highest BCUT2D eigenvalue weighted by atomic mass is 16.3. The van der Waals surface area contributed by atoms with Crippen LogP contribution in [-0.2, 0) is 17.9 Å². The van der Waals surface area contributed by atoms with Crippen molar-refractivity contribution in [3.05, 3.63) is 101 Å². The molecule has 6 heteroatoms. The van der Waals surface area contributed by atoms with E-state index < -0.39 is 0 Å². The van der Waals surface area contributed by atoms with Crippen LogP contribution in [0.2, 0.25) is 0 Å². The maximum absolute atomic E-state index is 12.8. The molecule has 2 aromatic carbocycles. The van der Waals surface area contributed by atoms with Crippen molar-refractivity contribution in [1.29, 1.82) is 0 Å². The van der Waals surface area contributed by atoms with Crippen LogP contribution in [0.3, 0.4) is 0 Å². The maximum Gasteiger partial charge on any atom is 0.240 e. The number of ketones is 2. The summed E-state index contributed by atoms with van der Waals surface area (Å²) in [6, 6.07) is 18.0. The van der Waals surface area contributed by atoms with Crippen LogP contribution < -0.4 is 5.32 Å². The molecule has 0 aliphatic heterocycles. The monoisotopic (exact) mass is 410 g/mol. The molecule has 0 saturated carbocycles. The second-order valence-electron chi connectivity index (χ2n) is 7.35. The van der Waals surface area contributed by atoms with Gasteiger partial charge in [0.25, 0.3) is 0 Å². The number of allylic oxidation sites excluding steroid dienone is 1. The zero-order valence-corrected chi connectivity index (χ0v) is 16.5. The summed E-state index contributed by atoms with van der Waals surface area (Å²) in [6.07, 6.45) is 4.99. The fourth-order valence-corrected chi connectivity index (χ4v) is 3.89. The number of para-hydroxylation sites is 1. The van der Waals surface area contributed by atoms with Gasteiger partial charge in [0.2, 0.25) is 5.91 Å². The predicted molar refractivity (Wildman–Crippen MR) is 116 cm³/mol. The number of carbonyl (C=O) groups excluding carboxylic acids is 3. The van der Waals surface area contributed by atoms with Gasteiger partial charge in [-0.3, -0.25) is 14.4 Å². The summed E-state index contributed by atoms with van der Waals surface area (Å²) in [6.45, 7) is 0.412. The highest BCUT2D eigenvalue weighted by Crippen LogP contribution is 2.30. The third-order valence-electron chi connectivity index (χ3n) is 5.38. The van der Waals surface area contributed by atoms with E-state index in [0.717, 1.165) is 16.5 Å². The first kappa shape index (κ1) is 18.8. The minimum Gasteiger partial charge on any atom is -0.467 e. The topological polar surface area (TPSA) is 81.3 Å². The van der Waals surface area contributed by atoms with Gasteiger partial charge in [-0.1, -0.05) is 42.5 Å². The molecule has 1 aliphatic rings. The van der Waals surface area contributed by atoms with E-state index in [1.54, 1.807) is 54.9 Å². The molecule has 1 amide bonds. The summed E-state index contributed by atoms with van der Waals surface area (Å²) >= 11 is 0. The summed E-state index contributed by atoms with van der Waals surface area (Å²) < 4.78 is 7.05. The number of hydrogen-bond donors (Lipinski definition) is 1. The summed E-state index contributed by atoms with van der Waals surface area (Å²) in [5.41, 5.74) is 2.57. The standard InChI is InChI=1S/C25H18N2O4/c28-23(26-13-17-6-5-11-31-17)15-27-14-16(18-7-3-4-10-22(18)27)12-21-24(29)19-8-1-2-9-20(19)25(21)30/h1-12,14H,13,15H2,(H,26,28). The second-order valence-corrected chi connectivity index (χ2v) is 7.35. The van der Waals surface area contributed by atoms with Gasteiger partial charge in [0, 0.05) is 33.8 Å². The molecule has 31 heavy (non-hydrogen) atoms. The molecule has 1 aliphatic carbocycles. The third kappa shape index (κ3) is 3.38. The number of rotatable bonds is 5. The number of furan rings is 1. The SMILES string of the molecule is O=C(Cn1cc(C=C2C(=O)c3ccccc3C2=O)c2ccccc21)NCc1ccco1. The van der Waals surface area contributed by atoms with E-state index in [0.29, 0.717) is 23.4 Å². The number of nitrogens with zero attached hydrogens (tertiary/aromatic N) is 1. The van der Waals surface area contributed by atoms with Crippen molar-refractivity contribution in [2.75, 3.05) is 0 Å². The fourth-order valence-electron chi connectivity index (χ4n) is 3.89. The minimum absolute atomic E-state index is 0.104. The van der Waals surface area contributed by atoms with Crippen LogP contribution in [0.15, 0.2) is 83.1 Å². The van der Waals surface area contributed by atoms with Crippen LogP contribution in [0, 0.1) is 0 Å². The number of amides is 1. The van der Waals surface area contributed by atoms with E-state index in [2.05, 4.69) is 5.32 Å². The lowest BCUT2D eigenvalue weighted by molar-refractivity contribution is -0.121. The Kier molecular flexibility index (Phi) is 4.59. The molecule has 152 valence electrons. The lowest BCUT2D eigenvalue weighted by atomic mass is 10.1. The first-order valence-electron chi connectivity index (χ1n) is 9.89. The Morgan fingerprint density at radius 3 is 2.35 bits per heavy atom. The molecule has 0 atom stereocenters. The van der Waals surface area contributed by atoms with Gasteiger partial charge in [-0.05, 0) is 24.3 Å². The Hall–Kier alpha value is -4.19. The smallest absolute Gasteiger partial charge is 0.240 e. The molecule has 2 aromatic heterocycles. The zero-order chi connectivity index (χ0) is 21.4. The lowest BCUT2D eigenvalue weighted by Crippen LogP contribution is -2.26. The van der Waals surface area contributed by atoms with Gasteiger partial charge in [0.1, 0.15) is 12.3 Å². The summed E-state index contributed by atoms with van der Waals surface area (Å²) in [5, 5.41) is 3.70. The summed E-state index contributed by atoms with van der Waals surface area (Å²) in [7, 11) is 0. The van der Waals surface area contributed by atoms with Crippen LogP contribution in [0.25, 0.3) is 17.0 Å². The Balaban J connectivity index is 1.46. The second kappa shape index (κ2) is 7.57. The first-order valence-corrected chi connectivity index (χ1v) is 9.89. The largest absolute Gasteiger partial charge is 0.467 e. The number of fused-ring (bicyclic) bond motifs is 2. The van der Waals surface area contributed by atoms with Crippen LogP contribution in [0.1, 0.15) is 32.0 Å². The normalized spacial score (nSPS) is 13.0. The Bertz CT molecular complexity index is 1320. The molecule has 5 rings (SSSR count). The number of benzene rings is 2. The molecular formula is C25H18N2O4. The molecule has 0 bridgehead atoms. The molecule has 0 radical (unpaired) electrons. The van der Waals surface area contributed by atoms with Crippen LogP contribution >= 0.6 is 0 Å². The van der Waals surface area contributed by atoms with Crippen molar-refractivity contribution in [1.82, 2.24) is 9.88 Å². The number of hydrogen-bond acceptors (Lipinski definition) is 4. The molecule has 0 spiro atoms. The molecule has 0 fully saturated rings. The fraction of sp³-hybridized carbons (Fsp3) is 0.0800. The van der Waals surface area contributed by atoms with Crippen molar-refractivity contribution in [2.24, 2.45) is 0 Å². The molecule has 2 heterocycles. The molecular weight excluding hydrogens is 392 g/mol. The van der Waals surface area contributed by atoms with Gasteiger partial charge in [0.15, 0.2) is 11.6 Å². The van der Waals surface area contributed by atoms with Crippen molar-refractivity contribution in [2.45, 2.75) is 13.1 Å². The van der Waals surface area contributed by atoms with Crippen molar-refractivity contribution in [3.63, 3.8) is 0 Å². The van der Waals surface area contributed by atoms with E-state index in [-0.39, 0.29) is 29.6 Å². The van der Waals surface area contributed by atoms with Crippen LogP contribution in [-0.4, -0.2) is 22.0 Å². The highest BCUT2D eigenvalue weighted by molar-refractivity contribution is 6.41. The summed E-state index contributed by atoms with van der Waals surface area (Å²) in [4.78, 5) is 38.0. The van der Waals surface area contributed by atoms with Crippen molar-refractivity contribution in [3.8, 4) is 0 Å². The molecule has 4 aromatic rings. The average Bonchev–Trinajstić information content (AvgIpc) is 3.49. The average molecular weight is 410 g/mol. The number of carbonyl (C=O) groups is 3. The van der Waals surface area contributed by atoms with Crippen LogP contribution in [0.4, 0.5) is 0 Å². The van der Waals surface area contributed by atoms with Crippen molar-refractivity contribution >= 4 is 34.5 Å². The molecule has 0 saturated heterocycles. The van der Waals surface area contributed by atoms with E-state index in [1.807, 2.05) is 28.8 Å². The maximum atomic E-state index is 12.8. The van der Waals surface area contributed by atoms with Gasteiger partial charge < -0.3 is 14.3 Å². The van der Waals surface area contributed by atoms with E-state index in [9.17, 15) is 14.4 Å². The van der Waals surface area contributed by atoms with E-state index in [1.165, 1.54) is 0 Å². The summed E-state index contributed by atoms with van der Waals surface area (Å²) in [5.74, 6) is -0.0343. The van der Waals surface area contributed by atoms with Gasteiger partial charge >= 0.3 is 0 Å². The van der Waals surface area contributed by atoms with E-state index in [4.69, 9.17) is 4.42 Å². The first-order chi connectivity index (χ1) is 15.1. The number of aromatic nitrogens is 1. The van der Waals surface area contributed by atoms with Gasteiger partial charge in [0.05, 0.1) is 18.4 Å². The number of nitrogens with one attached hydrogen (secondary N) is 1. The van der Waals surface area contributed by atoms with Gasteiger partial charge in [-0.2, -0.15) is 0 Å².